The molecule has 5 aromatic rings. The van der Waals surface area contributed by atoms with E-state index in [1.54, 1.807) is 37.3 Å². The third-order valence-corrected chi connectivity index (χ3v) is 6.87. The van der Waals surface area contributed by atoms with Gasteiger partial charge in [-0.05, 0) is 82.3 Å². The lowest BCUT2D eigenvalue weighted by atomic mass is 10.0. The van der Waals surface area contributed by atoms with E-state index in [2.05, 4.69) is 30.5 Å². The molecule has 5 nitrogen and oxygen atoms in total. The van der Waals surface area contributed by atoms with E-state index in [0.717, 1.165) is 28.2 Å². The molecule has 0 radical (unpaired) electrons. The molecule has 6 heteroatoms. The third-order valence-electron chi connectivity index (χ3n) is 6.64. The van der Waals surface area contributed by atoms with Gasteiger partial charge in [-0.3, -0.25) is 4.79 Å². The van der Waals surface area contributed by atoms with E-state index < -0.39 is 12.1 Å². The van der Waals surface area contributed by atoms with Crippen molar-refractivity contribution in [3.8, 4) is 16.9 Å². The van der Waals surface area contributed by atoms with Crippen LogP contribution < -0.4 is 0 Å². The fourth-order valence-electron chi connectivity index (χ4n) is 4.67. The normalized spacial score (nSPS) is 11.9. The zero-order valence-corrected chi connectivity index (χ0v) is 22.4. The SMILES string of the molecule is Cc1ccc2nc(-c3ccc(-n4c(C)ccc4C)cc3)cc(C(=O)O[C@H](C)C(=O)c3cccc(Cl)c3)c2c1. The van der Waals surface area contributed by atoms with E-state index in [1.165, 1.54) is 0 Å². The molecule has 0 N–H and O–H groups in total. The molecular weight excluding hydrogens is 496 g/mol. The minimum atomic E-state index is -0.982. The number of pyridine rings is 1. The summed E-state index contributed by atoms with van der Waals surface area (Å²) in [5.41, 5.74) is 7.30. The van der Waals surface area contributed by atoms with Crippen LogP contribution in [0.3, 0.4) is 0 Å². The maximum atomic E-state index is 13.4. The molecule has 0 unspecified atom stereocenters. The molecule has 0 saturated carbocycles. The van der Waals surface area contributed by atoms with Crippen molar-refractivity contribution < 1.29 is 14.3 Å². The summed E-state index contributed by atoms with van der Waals surface area (Å²) in [6.07, 6.45) is -0.982. The molecule has 0 amide bonds. The van der Waals surface area contributed by atoms with Crippen molar-refractivity contribution in [3.05, 3.63) is 118 Å². The number of carbonyl (C=O) groups excluding carboxylic acids is 2. The molecule has 0 bridgehead atoms. The number of benzene rings is 3. The van der Waals surface area contributed by atoms with E-state index in [-0.39, 0.29) is 5.78 Å². The lowest BCUT2D eigenvalue weighted by molar-refractivity contribution is 0.0320. The number of hydrogen-bond donors (Lipinski definition) is 0. The molecule has 2 aromatic heterocycles. The van der Waals surface area contributed by atoms with Crippen LogP contribution in [0.4, 0.5) is 0 Å². The average Bonchev–Trinajstić information content (AvgIpc) is 3.25. The van der Waals surface area contributed by atoms with Gasteiger partial charge in [0.2, 0.25) is 5.78 Å². The topological polar surface area (TPSA) is 61.2 Å². The van der Waals surface area contributed by atoms with Crippen LogP contribution in [0.5, 0.6) is 0 Å². The predicted molar refractivity (Wildman–Crippen MR) is 151 cm³/mol. The molecule has 0 aliphatic heterocycles. The molecule has 0 aliphatic rings. The zero-order chi connectivity index (χ0) is 27.0. The van der Waals surface area contributed by atoms with Gasteiger partial charge in [-0.1, -0.05) is 47.5 Å². The van der Waals surface area contributed by atoms with Gasteiger partial charge >= 0.3 is 5.97 Å². The van der Waals surface area contributed by atoms with Gasteiger partial charge in [0.15, 0.2) is 6.10 Å². The highest BCUT2D eigenvalue weighted by molar-refractivity contribution is 6.31. The minimum Gasteiger partial charge on any atom is -0.451 e. The van der Waals surface area contributed by atoms with Crippen LogP contribution in [0, 0.1) is 20.8 Å². The van der Waals surface area contributed by atoms with E-state index in [9.17, 15) is 9.59 Å². The Kier molecular flexibility index (Phi) is 6.87. The van der Waals surface area contributed by atoms with E-state index in [1.807, 2.05) is 49.4 Å². The third kappa shape index (κ3) is 4.98. The number of ketones is 1. The minimum absolute atomic E-state index is 0.318. The summed E-state index contributed by atoms with van der Waals surface area (Å²) >= 11 is 6.04. The maximum Gasteiger partial charge on any atom is 0.339 e. The number of carbonyl (C=O) groups is 2. The predicted octanol–water partition coefficient (Wildman–Crippen LogP) is 7.70. The van der Waals surface area contributed by atoms with Crippen molar-refractivity contribution in [2.45, 2.75) is 33.8 Å². The number of hydrogen-bond acceptors (Lipinski definition) is 4. The molecule has 3 aromatic carbocycles. The Hall–Kier alpha value is -4.22. The van der Waals surface area contributed by atoms with Crippen molar-refractivity contribution in [3.63, 3.8) is 0 Å². The van der Waals surface area contributed by atoms with Crippen molar-refractivity contribution in [1.82, 2.24) is 9.55 Å². The summed E-state index contributed by atoms with van der Waals surface area (Å²) in [4.78, 5) is 31.1. The van der Waals surface area contributed by atoms with Crippen LogP contribution in [0.2, 0.25) is 5.02 Å². The number of aromatic nitrogens is 2. The summed E-state index contributed by atoms with van der Waals surface area (Å²) in [6.45, 7) is 7.67. The first kappa shape index (κ1) is 25.4. The van der Waals surface area contributed by atoms with Crippen LogP contribution in [0.1, 0.15) is 44.6 Å². The van der Waals surface area contributed by atoms with Crippen LogP contribution in [-0.4, -0.2) is 27.4 Å². The van der Waals surface area contributed by atoms with Crippen molar-refractivity contribution in [1.29, 1.82) is 0 Å². The van der Waals surface area contributed by atoms with Gasteiger partial charge in [0.05, 0.1) is 16.8 Å². The summed E-state index contributed by atoms with van der Waals surface area (Å²) < 4.78 is 7.85. The first-order valence-corrected chi connectivity index (χ1v) is 12.8. The fourth-order valence-corrected chi connectivity index (χ4v) is 4.86. The number of aryl methyl sites for hydroxylation is 3. The van der Waals surface area contributed by atoms with Crippen LogP contribution in [0.25, 0.3) is 27.8 Å². The average molecular weight is 523 g/mol. The fraction of sp³-hybridized carbons (Fsp3) is 0.156. The molecule has 0 saturated heterocycles. The smallest absolute Gasteiger partial charge is 0.339 e. The number of rotatable bonds is 6. The summed E-state index contributed by atoms with van der Waals surface area (Å²) in [5.74, 6) is -0.899. The molecule has 0 aliphatic carbocycles. The van der Waals surface area contributed by atoms with Gasteiger partial charge in [-0.2, -0.15) is 0 Å². The van der Waals surface area contributed by atoms with Gasteiger partial charge in [0, 0.05) is 38.6 Å². The molecule has 38 heavy (non-hydrogen) atoms. The van der Waals surface area contributed by atoms with Crippen molar-refractivity contribution in [2.24, 2.45) is 0 Å². The Morgan fingerprint density at radius 1 is 0.868 bits per heavy atom. The lowest BCUT2D eigenvalue weighted by Gasteiger charge is -2.15. The van der Waals surface area contributed by atoms with Gasteiger partial charge in [-0.25, -0.2) is 9.78 Å². The summed E-state index contributed by atoms with van der Waals surface area (Å²) in [7, 11) is 0. The van der Waals surface area contributed by atoms with Crippen LogP contribution >= 0.6 is 11.6 Å². The first-order valence-electron chi connectivity index (χ1n) is 12.4. The van der Waals surface area contributed by atoms with Crippen molar-refractivity contribution in [2.75, 3.05) is 0 Å². The van der Waals surface area contributed by atoms with E-state index >= 15 is 0 Å². The summed E-state index contributed by atoms with van der Waals surface area (Å²) in [6, 6.07) is 26.4. The largest absolute Gasteiger partial charge is 0.451 e. The van der Waals surface area contributed by atoms with E-state index in [4.69, 9.17) is 21.3 Å². The number of nitrogens with zero attached hydrogens (tertiary/aromatic N) is 2. The standard InChI is InChI=1S/C32H27ClN2O3/c1-19-8-15-29-27(16-19)28(32(37)38-22(4)31(36)24-6-5-7-25(33)17-24)18-30(34-29)23-11-13-26(14-12-23)35-20(2)9-10-21(35)3/h5-18,22H,1-4H3/t22-/m1/s1. The first-order chi connectivity index (χ1) is 18.2. The second-order valence-corrected chi connectivity index (χ2v) is 9.93. The number of ether oxygens (including phenoxy) is 1. The molecule has 1 atom stereocenters. The Morgan fingerprint density at radius 3 is 2.26 bits per heavy atom. The Morgan fingerprint density at radius 2 is 1.58 bits per heavy atom. The number of esters is 1. The Bertz CT molecular complexity index is 1670. The monoisotopic (exact) mass is 522 g/mol. The van der Waals surface area contributed by atoms with Gasteiger partial charge < -0.3 is 9.30 Å². The molecule has 5 rings (SSSR count). The maximum absolute atomic E-state index is 13.4. The zero-order valence-electron chi connectivity index (χ0n) is 21.7. The molecular formula is C32H27ClN2O3. The number of Topliss-reactive ketones (excluding diaryl/α,β-unsaturated/α-hetero) is 1. The molecule has 0 fully saturated rings. The Labute approximate surface area is 226 Å². The van der Waals surface area contributed by atoms with Gasteiger partial charge in [0.1, 0.15) is 0 Å². The second kappa shape index (κ2) is 10.3. The second-order valence-electron chi connectivity index (χ2n) is 9.50. The number of fused-ring (bicyclic) bond motifs is 1. The highest BCUT2D eigenvalue weighted by Crippen LogP contribution is 2.28. The van der Waals surface area contributed by atoms with Crippen molar-refractivity contribution >= 4 is 34.3 Å². The lowest BCUT2D eigenvalue weighted by Crippen LogP contribution is -2.24. The van der Waals surface area contributed by atoms with E-state index in [0.29, 0.717) is 32.7 Å². The highest BCUT2D eigenvalue weighted by atomic mass is 35.5. The van der Waals surface area contributed by atoms with Gasteiger partial charge in [0.25, 0.3) is 0 Å². The number of halogens is 1. The summed E-state index contributed by atoms with van der Waals surface area (Å²) in [5, 5.41) is 1.12. The molecule has 2 heterocycles. The van der Waals surface area contributed by atoms with Gasteiger partial charge in [-0.15, -0.1) is 0 Å². The molecule has 190 valence electrons. The highest BCUT2D eigenvalue weighted by Gasteiger charge is 2.23. The Balaban J connectivity index is 1.50. The molecule has 0 spiro atoms. The van der Waals surface area contributed by atoms with Crippen LogP contribution in [-0.2, 0) is 4.74 Å². The van der Waals surface area contributed by atoms with Crippen LogP contribution in [0.15, 0.2) is 84.9 Å². The quantitative estimate of drug-likeness (QED) is 0.169.